The fourth-order valence-corrected chi connectivity index (χ4v) is 2.62. The average Bonchev–Trinajstić information content (AvgIpc) is 2.51. The molecule has 0 spiro atoms. The molecule has 0 fully saturated rings. The van der Waals surface area contributed by atoms with Crippen LogP contribution in [0.2, 0.25) is 0 Å². The van der Waals surface area contributed by atoms with Crippen molar-refractivity contribution in [3.8, 4) is 22.6 Å². The molecule has 0 unspecified atom stereocenters. The Hall–Kier alpha value is -2.49. The van der Waals surface area contributed by atoms with Crippen LogP contribution in [-0.4, -0.2) is 39.6 Å². The highest BCUT2D eigenvalue weighted by atomic mass is 32.2. The number of halogens is 3. The number of aromatic nitrogens is 1. The Morgan fingerprint density at radius 3 is 2.48 bits per heavy atom. The molecule has 1 aromatic carbocycles. The lowest BCUT2D eigenvalue weighted by atomic mass is 10.1. The zero-order valence-electron chi connectivity index (χ0n) is 13.3. The normalized spacial score (nSPS) is 11.9. The lowest BCUT2D eigenvalue weighted by molar-refractivity contribution is -0.153. The summed E-state index contributed by atoms with van der Waals surface area (Å²) in [6.45, 7) is -1.44. The molecule has 2 aromatic rings. The first kappa shape index (κ1) is 18.8. The Bertz CT molecular complexity index is 854. The van der Waals surface area contributed by atoms with Crippen molar-refractivity contribution in [3.63, 3.8) is 0 Å². The Morgan fingerprint density at radius 2 is 1.88 bits per heavy atom. The maximum Gasteiger partial charge on any atom is 0.422 e. The van der Waals surface area contributed by atoms with Crippen molar-refractivity contribution in [1.29, 1.82) is 0 Å². The summed E-state index contributed by atoms with van der Waals surface area (Å²) in [6, 6.07) is 5.68. The van der Waals surface area contributed by atoms with Crippen molar-refractivity contribution in [2.45, 2.75) is 6.18 Å². The van der Waals surface area contributed by atoms with Gasteiger partial charge in [-0.2, -0.15) is 13.2 Å². The van der Waals surface area contributed by atoms with Crippen molar-refractivity contribution in [2.75, 3.05) is 24.7 Å². The smallest absolute Gasteiger partial charge is 0.422 e. The average molecular weight is 376 g/mol. The minimum atomic E-state index is -4.48. The molecule has 25 heavy (non-hydrogen) atoms. The van der Waals surface area contributed by atoms with Gasteiger partial charge in [0, 0.05) is 29.6 Å². The van der Waals surface area contributed by atoms with E-state index in [4.69, 9.17) is 9.47 Å². The fourth-order valence-electron chi connectivity index (χ4n) is 2.06. The van der Waals surface area contributed by atoms with E-state index in [-0.39, 0.29) is 22.7 Å². The summed E-state index contributed by atoms with van der Waals surface area (Å²) in [7, 11) is -2.12. The minimum absolute atomic E-state index is 0.0190. The molecule has 0 bridgehead atoms. The molecule has 0 radical (unpaired) electrons. The van der Waals surface area contributed by atoms with E-state index in [2.05, 4.69) is 9.71 Å². The van der Waals surface area contributed by atoms with E-state index in [1.54, 1.807) is 0 Å². The summed E-state index contributed by atoms with van der Waals surface area (Å²) < 4.78 is 72.1. The van der Waals surface area contributed by atoms with Gasteiger partial charge in [0.25, 0.3) is 0 Å². The minimum Gasteiger partial charge on any atom is -0.496 e. The van der Waals surface area contributed by atoms with E-state index in [1.165, 1.54) is 43.8 Å². The fraction of sp³-hybridized carbons (Fsp3) is 0.267. The number of alkyl halides is 3. The van der Waals surface area contributed by atoms with Crippen molar-refractivity contribution >= 4 is 15.7 Å². The summed E-state index contributed by atoms with van der Waals surface area (Å²) in [5.74, 6) is 0.230. The van der Waals surface area contributed by atoms with E-state index >= 15 is 0 Å². The third-order valence-electron chi connectivity index (χ3n) is 2.97. The Kier molecular flexibility index (Phi) is 5.41. The number of ether oxygens (including phenoxy) is 2. The van der Waals surface area contributed by atoms with Gasteiger partial charge in [-0.3, -0.25) is 9.71 Å². The third-order valence-corrected chi connectivity index (χ3v) is 3.57. The van der Waals surface area contributed by atoms with Crippen LogP contribution in [0.15, 0.2) is 36.7 Å². The van der Waals surface area contributed by atoms with Gasteiger partial charge in [-0.15, -0.1) is 0 Å². The molecule has 0 aliphatic heterocycles. The maximum atomic E-state index is 12.4. The number of hydrogen-bond acceptors (Lipinski definition) is 5. The highest BCUT2D eigenvalue weighted by Crippen LogP contribution is 2.37. The Labute approximate surface area is 142 Å². The van der Waals surface area contributed by atoms with Gasteiger partial charge in [-0.05, 0) is 18.2 Å². The monoisotopic (exact) mass is 376 g/mol. The topological polar surface area (TPSA) is 77.5 Å². The number of anilines is 1. The van der Waals surface area contributed by atoms with E-state index in [0.717, 1.165) is 6.26 Å². The van der Waals surface area contributed by atoms with E-state index in [1.807, 2.05) is 0 Å². The van der Waals surface area contributed by atoms with E-state index in [9.17, 15) is 21.6 Å². The molecule has 0 atom stereocenters. The number of nitrogens with one attached hydrogen (secondary N) is 1. The molecule has 1 aromatic heterocycles. The first-order chi connectivity index (χ1) is 11.6. The number of hydrogen-bond donors (Lipinski definition) is 1. The summed E-state index contributed by atoms with van der Waals surface area (Å²) in [5.41, 5.74) is 0.950. The molecule has 0 aliphatic carbocycles. The number of methoxy groups -OCH3 is 1. The zero-order chi connectivity index (χ0) is 18.7. The van der Waals surface area contributed by atoms with Gasteiger partial charge in [-0.25, -0.2) is 8.42 Å². The molecule has 0 amide bonds. The number of pyridine rings is 1. The van der Waals surface area contributed by atoms with Crippen LogP contribution in [-0.2, 0) is 10.0 Å². The number of rotatable bonds is 6. The number of benzene rings is 1. The number of sulfonamides is 1. The van der Waals surface area contributed by atoms with E-state index < -0.39 is 22.8 Å². The van der Waals surface area contributed by atoms with E-state index in [0.29, 0.717) is 5.56 Å². The van der Waals surface area contributed by atoms with Crippen LogP contribution in [0.5, 0.6) is 11.5 Å². The molecular weight excluding hydrogens is 361 g/mol. The molecular formula is C15H15F3N2O4S. The lowest BCUT2D eigenvalue weighted by Gasteiger charge is -2.15. The molecule has 0 saturated carbocycles. The standard InChI is InChI=1S/C15H15F3N2O4S/c1-23-14-7-10(20-25(2,21)22)3-4-11(14)12-8-19-6-5-13(12)24-9-15(16,17)18/h3-8,20H,9H2,1-2H3. The van der Waals surface area contributed by atoms with Gasteiger partial charge < -0.3 is 9.47 Å². The molecule has 0 saturated heterocycles. The van der Waals surface area contributed by atoms with Gasteiger partial charge in [-0.1, -0.05) is 0 Å². The maximum absolute atomic E-state index is 12.4. The van der Waals surface area contributed by atoms with Crippen molar-refractivity contribution < 1.29 is 31.1 Å². The highest BCUT2D eigenvalue weighted by molar-refractivity contribution is 7.92. The van der Waals surface area contributed by atoms with Crippen LogP contribution >= 0.6 is 0 Å². The second-order valence-corrected chi connectivity index (χ2v) is 6.81. The quantitative estimate of drug-likeness (QED) is 0.838. The molecule has 136 valence electrons. The zero-order valence-corrected chi connectivity index (χ0v) is 14.1. The van der Waals surface area contributed by atoms with Gasteiger partial charge in [0.15, 0.2) is 6.61 Å². The predicted molar refractivity (Wildman–Crippen MR) is 86.2 cm³/mol. The van der Waals surface area contributed by atoms with Gasteiger partial charge in [0.2, 0.25) is 10.0 Å². The van der Waals surface area contributed by atoms with Crippen molar-refractivity contribution in [3.05, 3.63) is 36.7 Å². The summed E-state index contributed by atoms with van der Waals surface area (Å²) in [4.78, 5) is 3.90. The number of nitrogens with zero attached hydrogens (tertiary/aromatic N) is 1. The first-order valence-electron chi connectivity index (χ1n) is 6.89. The second-order valence-electron chi connectivity index (χ2n) is 5.06. The predicted octanol–water partition coefficient (Wildman–Crippen LogP) is 3.07. The van der Waals surface area contributed by atoms with Crippen LogP contribution in [0.1, 0.15) is 0 Å². The molecule has 6 nitrogen and oxygen atoms in total. The van der Waals surface area contributed by atoms with Crippen molar-refractivity contribution in [2.24, 2.45) is 0 Å². The Morgan fingerprint density at radius 1 is 1.16 bits per heavy atom. The van der Waals surface area contributed by atoms with Crippen molar-refractivity contribution in [1.82, 2.24) is 4.98 Å². The molecule has 1 N–H and O–H groups in total. The first-order valence-corrected chi connectivity index (χ1v) is 8.78. The van der Waals surface area contributed by atoms with Crippen LogP contribution in [0.25, 0.3) is 11.1 Å². The SMILES string of the molecule is COc1cc(NS(C)(=O)=O)ccc1-c1cnccc1OCC(F)(F)F. The van der Waals surface area contributed by atoms with Crippen LogP contribution < -0.4 is 14.2 Å². The Balaban J connectivity index is 2.41. The summed E-state index contributed by atoms with van der Waals surface area (Å²) in [5, 5.41) is 0. The van der Waals surface area contributed by atoms with Crippen LogP contribution in [0.4, 0.5) is 18.9 Å². The molecule has 10 heteroatoms. The molecule has 1 heterocycles. The van der Waals surface area contributed by atoms with Gasteiger partial charge in [0.1, 0.15) is 11.5 Å². The van der Waals surface area contributed by atoms with Crippen LogP contribution in [0.3, 0.4) is 0 Å². The second kappa shape index (κ2) is 7.18. The van der Waals surface area contributed by atoms with Gasteiger partial charge >= 0.3 is 6.18 Å². The lowest BCUT2D eigenvalue weighted by Crippen LogP contribution is -2.19. The summed E-state index contributed by atoms with van der Waals surface area (Å²) in [6.07, 6.45) is -0.833. The summed E-state index contributed by atoms with van der Waals surface area (Å²) >= 11 is 0. The van der Waals surface area contributed by atoms with Crippen LogP contribution in [0, 0.1) is 0 Å². The third kappa shape index (κ3) is 5.52. The van der Waals surface area contributed by atoms with Gasteiger partial charge in [0.05, 0.1) is 19.1 Å². The highest BCUT2D eigenvalue weighted by Gasteiger charge is 2.29. The molecule has 0 aliphatic rings. The molecule has 2 rings (SSSR count). The largest absolute Gasteiger partial charge is 0.496 e.